The van der Waals surface area contributed by atoms with Crippen LogP contribution in [0.5, 0.6) is 0 Å². The summed E-state index contributed by atoms with van der Waals surface area (Å²) in [7, 11) is 0. The van der Waals surface area contributed by atoms with Crippen molar-refractivity contribution in [1.29, 1.82) is 0 Å². The second-order valence-electron chi connectivity index (χ2n) is 7.84. The Labute approximate surface area is 203 Å². The van der Waals surface area contributed by atoms with E-state index in [1.165, 1.54) is 29.7 Å². The Kier molecular flexibility index (Phi) is 7.12. The number of nitrogens with one attached hydrogen (secondary N) is 1. The Hall–Kier alpha value is -3.64. The summed E-state index contributed by atoms with van der Waals surface area (Å²) in [4.78, 5) is 47.9. The summed E-state index contributed by atoms with van der Waals surface area (Å²) in [5, 5.41) is 26.7. The molecule has 1 aromatic carbocycles. The lowest BCUT2D eigenvalue weighted by atomic mass is 9.94. The number of para-hydroxylation sites is 1. The lowest BCUT2D eigenvalue weighted by Gasteiger charge is -2.24. The van der Waals surface area contributed by atoms with Crippen LogP contribution in [0.1, 0.15) is 30.4 Å². The van der Waals surface area contributed by atoms with Crippen molar-refractivity contribution in [2.45, 2.75) is 38.9 Å². The number of anilines is 1. The predicted molar refractivity (Wildman–Crippen MR) is 128 cm³/mol. The van der Waals surface area contributed by atoms with Crippen LogP contribution in [0.25, 0.3) is 0 Å². The molecule has 3 rings (SSSR count). The lowest BCUT2D eigenvalue weighted by Crippen LogP contribution is -2.44. The average Bonchev–Trinajstić information content (AvgIpc) is 2.74. The zero-order valence-electron chi connectivity index (χ0n) is 18.3. The van der Waals surface area contributed by atoms with Gasteiger partial charge in [0.25, 0.3) is 23.2 Å². The van der Waals surface area contributed by atoms with Crippen LogP contribution < -0.4 is 10.9 Å². The van der Waals surface area contributed by atoms with E-state index >= 15 is 0 Å². The number of nitro groups is 2. The molecule has 0 amide bonds. The molecule has 1 aliphatic rings. The third-order valence-corrected chi connectivity index (χ3v) is 5.95. The fourth-order valence-electron chi connectivity index (χ4n) is 3.66. The van der Waals surface area contributed by atoms with Crippen molar-refractivity contribution in [2.24, 2.45) is 0 Å². The van der Waals surface area contributed by atoms with E-state index in [2.05, 4.69) is 5.32 Å². The number of nitrogens with zero attached hydrogens (tertiary/aromatic N) is 4. The molecule has 1 aromatic heterocycles. The first-order valence-electron chi connectivity index (χ1n) is 10.1. The molecule has 11 nitrogen and oxygen atoms in total. The lowest BCUT2D eigenvalue weighted by molar-refractivity contribution is -0.519. The average molecular weight is 506 g/mol. The highest BCUT2D eigenvalue weighted by atomic mass is 35.5. The zero-order chi connectivity index (χ0) is 25.3. The van der Waals surface area contributed by atoms with Crippen LogP contribution in [-0.4, -0.2) is 37.0 Å². The molecule has 2 unspecified atom stereocenters. The summed E-state index contributed by atoms with van der Waals surface area (Å²) in [6.45, 7) is 4.90. The van der Waals surface area contributed by atoms with Gasteiger partial charge in [0.2, 0.25) is 0 Å². The molecule has 0 saturated heterocycles. The number of carbonyl (C=O) groups is 1. The smallest absolute Gasteiger partial charge is 0.276 e. The molecular weight excluding hydrogens is 486 g/mol. The maximum atomic E-state index is 13.4. The van der Waals surface area contributed by atoms with Crippen molar-refractivity contribution in [3.63, 3.8) is 0 Å². The van der Waals surface area contributed by atoms with E-state index in [4.69, 9.17) is 23.8 Å². The van der Waals surface area contributed by atoms with Crippen molar-refractivity contribution >= 4 is 35.4 Å². The summed E-state index contributed by atoms with van der Waals surface area (Å²) in [5.74, 6) is -0.820. The van der Waals surface area contributed by atoms with E-state index in [1.54, 1.807) is 26.0 Å². The fraction of sp³-hybridized carbons (Fsp3) is 0.286. The molecule has 1 aliphatic carbocycles. The molecule has 0 aliphatic heterocycles. The molecule has 13 heteroatoms. The molecule has 0 saturated carbocycles. The Morgan fingerprint density at radius 2 is 1.88 bits per heavy atom. The van der Waals surface area contributed by atoms with Crippen molar-refractivity contribution < 1.29 is 14.6 Å². The molecular formula is C21H20ClN5O6S. The summed E-state index contributed by atoms with van der Waals surface area (Å²) < 4.78 is 2.14. The van der Waals surface area contributed by atoms with Gasteiger partial charge in [-0.05, 0) is 45.1 Å². The monoisotopic (exact) mass is 505 g/mol. The summed E-state index contributed by atoms with van der Waals surface area (Å²) in [5.41, 5.74) is -0.831. The van der Waals surface area contributed by atoms with E-state index in [0.29, 0.717) is 0 Å². The highest BCUT2D eigenvalue weighted by Gasteiger charge is 2.44. The SMILES string of the molecule is Cc1cc(=O)n(C(C)C)c(=S)n1C(=O)C1=CC([N+](=O)[O-])C(Nc2ccccc2Cl)C([N+](=O)[O-])=C1. The molecule has 1 heterocycles. The quantitative estimate of drug-likeness (QED) is 0.355. The van der Waals surface area contributed by atoms with Crippen molar-refractivity contribution in [3.8, 4) is 0 Å². The van der Waals surface area contributed by atoms with Crippen LogP contribution in [0.15, 0.2) is 58.5 Å². The Morgan fingerprint density at radius 3 is 2.44 bits per heavy atom. The van der Waals surface area contributed by atoms with Crippen LogP contribution in [0.3, 0.4) is 0 Å². The zero-order valence-corrected chi connectivity index (χ0v) is 19.9. The van der Waals surface area contributed by atoms with Gasteiger partial charge in [0.05, 0.1) is 15.6 Å². The second-order valence-corrected chi connectivity index (χ2v) is 8.61. The maximum absolute atomic E-state index is 13.4. The number of carbonyl (C=O) groups excluding carboxylic acids is 1. The van der Waals surface area contributed by atoms with E-state index in [9.17, 15) is 29.8 Å². The molecule has 0 fully saturated rings. The third kappa shape index (κ3) is 4.68. The summed E-state index contributed by atoms with van der Waals surface area (Å²) in [6, 6.07) is 4.10. The largest absolute Gasteiger partial charge is 0.366 e. The Morgan fingerprint density at radius 1 is 1.24 bits per heavy atom. The minimum Gasteiger partial charge on any atom is -0.366 e. The van der Waals surface area contributed by atoms with E-state index in [0.717, 1.165) is 16.7 Å². The number of aromatic nitrogens is 2. The molecule has 0 bridgehead atoms. The predicted octanol–water partition coefficient (Wildman–Crippen LogP) is 3.79. The topological polar surface area (TPSA) is 142 Å². The molecule has 0 radical (unpaired) electrons. The molecule has 2 atom stereocenters. The molecule has 2 aromatic rings. The van der Waals surface area contributed by atoms with Gasteiger partial charge in [-0.3, -0.25) is 39.0 Å². The normalized spacial score (nSPS) is 17.7. The fourth-order valence-corrected chi connectivity index (χ4v) is 4.37. The second kappa shape index (κ2) is 9.69. The first-order chi connectivity index (χ1) is 15.9. The number of hydrogen-bond donors (Lipinski definition) is 1. The maximum Gasteiger partial charge on any atom is 0.276 e. The minimum absolute atomic E-state index is 0.115. The molecule has 0 spiro atoms. The van der Waals surface area contributed by atoms with Crippen LogP contribution in [0.4, 0.5) is 5.69 Å². The van der Waals surface area contributed by atoms with Gasteiger partial charge < -0.3 is 5.32 Å². The van der Waals surface area contributed by atoms with Crippen molar-refractivity contribution in [2.75, 3.05) is 5.32 Å². The van der Waals surface area contributed by atoms with Crippen LogP contribution >= 0.6 is 23.8 Å². The van der Waals surface area contributed by atoms with Gasteiger partial charge in [-0.2, -0.15) is 0 Å². The summed E-state index contributed by atoms with van der Waals surface area (Å²) >= 11 is 11.4. The number of aryl methyl sites for hydroxylation is 1. The molecule has 34 heavy (non-hydrogen) atoms. The van der Waals surface area contributed by atoms with Gasteiger partial charge in [0.15, 0.2) is 10.8 Å². The summed E-state index contributed by atoms with van der Waals surface area (Å²) in [6.07, 6.45) is 2.01. The van der Waals surface area contributed by atoms with Crippen LogP contribution in [-0.2, 0) is 0 Å². The Bertz CT molecular complexity index is 1380. The van der Waals surface area contributed by atoms with Gasteiger partial charge in [0, 0.05) is 40.5 Å². The third-order valence-electron chi connectivity index (χ3n) is 5.24. The first kappa shape index (κ1) is 25.0. The van der Waals surface area contributed by atoms with Crippen LogP contribution in [0.2, 0.25) is 5.02 Å². The minimum atomic E-state index is -1.66. The first-order valence-corrected chi connectivity index (χ1v) is 10.8. The molecule has 1 N–H and O–H groups in total. The van der Waals surface area contributed by atoms with Gasteiger partial charge >= 0.3 is 0 Å². The van der Waals surface area contributed by atoms with Crippen molar-refractivity contribution in [1.82, 2.24) is 9.13 Å². The van der Waals surface area contributed by atoms with Crippen molar-refractivity contribution in [3.05, 3.63) is 99.8 Å². The number of hydrogen-bond acceptors (Lipinski definition) is 8. The highest BCUT2D eigenvalue weighted by molar-refractivity contribution is 7.71. The number of halogens is 1. The van der Waals surface area contributed by atoms with Gasteiger partial charge in [0.1, 0.15) is 0 Å². The molecule has 178 valence electrons. The van der Waals surface area contributed by atoms with Gasteiger partial charge in [-0.15, -0.1) is 0 Å². The van der Waals surface area contributed by atoms with Crippen LogP contribution in [0, 0.1) is 31.9 Å². The number of allylic oxidation sites excluding steroid dienone is 2. The number of benzene rings is 1. The van der Waals surface area contributed by atoms with E-state index in [-0.39, 0.29) is 32.8 Å². The van der Waals surface area contributed by atoms with Gasteiger partial charge in [-0.25, -0.2) is 0 Å². The van der Waals surface area contributed by atoms with E-state index in [1.807, 2.05) is 0 Å². The van der Waals surface area contributed by atoms with Gasteiger partial charge in [-0.1, -0.05) is 23.7 Å². The van der Waals surface area contributed by atoms with E-state index < -0.39 is 39.1 Å². The Balaban J connectivity index is 2.15. The number of rotatable bonds is 6. The standard InChI is InChI=1S/C21H20ClN5O6S/c1-11(2)24-18(28)8-12(3)25(21(24)34)20(29)13-9-16(26(30)31)19(17(10-13)27(32)33)23-15-7-5-4-6-14(15)22/h4-11,16,19,23H,1-3H3. The highest BCUT2D eigenvalue weighted by Crippen LogP contribution is 2.29.